The lowest BCUT2D eigenvalue weighted by atomic mass is 10.3. The van der Waals surface area contributed by atoms with Crippen molar-refractivity contribution >= 4 is 20.0 Å². The first-order chi connectivity index (χ1) is 13.3. The van der Waals surface area contributed by atoms with Crippen LogP contribution in [-0.4, -0.2) is 55.3 Å². The van der Waals surface area contributed by atoms with Crippen LogP contribution in [0.2, 0.25) is 0 Å². The zero-order valence-corrected chi connectivity index (χ0v) is 17.1. The maximum absolute atomic E-state index is 10.8. The van der Waals surface area contributed by atoms with Crippen molar-refractivity contribution in [3.8, 4) is 0 Å². The zero-order chi connectivity index (χ0) is 24.4. The number of halogens is 6. The highest BCUT2D eigenvalue weighted by Gasteiger charge is 2.43. The van der Waals surface area contributed by atoms with Crippen LogP contribution in [0.25, 0.3) is 0 Å². The molecule has 18 heteroatoms. The first-order valence-corrected chi connectivity index (χ1v) is 10.9. The quantitative estimate of drug-likeness (QED) is 0.306. The number of aliphatic hydroxyl groups excluding tert-OH is 2. The molecular formula is C12H23F6N4O6S2+. The maximum Gasteiger partial charge on any atom is 0.511 e. The molecule has 1 heterocycles. The number of imidazole rings is 1. The summed E-state index contributed by atoms with van der Waals surface area (Å²) < 4.78 is 106. The van der Waals surface area contributed by atoms with Crippen LogP contribution >= 0.6 is 0 Å². The van der Waals surface area contributed by atoms with E-state index in [1.165, 1.54) is 6.42 Å². The smallest absolute Gasteiger partial charge is 0.394 e. The second kappa shape index (κ2) is 12.4. The Morgan fingerprint density at radius 1 is 1.03 bits per heavy atom. The Morgan fingerprint density at radius 3 is 1.73 bits per heavy atom. The van der Waals surface area contributed by atoms with Gasteiger partial charge in [0, 0.05) is 0 Å². The Kier molecular flexibility index (Phi) is 12.7. The summed E-state index contributed by atoms with van der Waals surface area (Å²) >= 11 is 0. The third-order valence-corrected chi connectivity index (χ3v) is 4.08. The molecule has 0 saturated carbocycles. The van der Waals surface area contributed by atoms with Crippen molar-refractivity contribution < 1.29 is 58.0 Å². The van der Waals surface area contributed by atoms with E-state index in [0.29, 0.717) is 6.54 Å². The van der Waals surface area contributed by atoms with Crippen LogP contribution in [0.5, 0.6) is 0 Å². The molecule has 0 bridgehead atoms. The molecule has 1 aromatic heterocycles. The van der Waals surface area contributed by atoms with Gasteiger partial charge in [0.15, 0.2) is 0 Å². The Labute approximate surface area is 168 Å². The summed E-state index contributed by atoms with van der Waals surface area (Å²) in [6.45, 7) is 3.44. The van der Waals surface area contributed by atoms with Gasteiger partial charge in [-0.1, -0.05) is 13.3 Å². The summed E-state index contributed by atoms with van der Waals surface area (Å²) in [7, 11) is -10.7. The van der Waals surface area contributed by atoms with E-state index in [2.05, 4.69) is 21.8 Å². The second-order valence-corrected chi connectivity index (χ2v) is 8.63. The Balaban J connectivity index is 0. The highest BCUT2D eigenvalue weighted by Crippen LogP contribution is 2.19. The van der Waals surface area contributed by atoms with Crippen LogP contribution < -0.4 is 14.8 Å². The minimum Gasteiger partial charge on any atom is -0.394 e. The maximum atomic E-state index is 10.8. The van der Waals surface area contributed by atoms with E-state index in [4.69, 9.17) is 5.11 Å². The van der Waals surface area contributed by atoms with E-state index >= 15 is 0 Å². The summed E-state index contributed by atoms with van der Waals surface area (Å²) in [5, 5.41) is 25.2. The number of hydrogen-bond donors (Lipinski definition) is 4. The topological polar surface area (TPSA) is 170 Å². The molecule has 6 N–H and O–H groups in total. The lowest BCUT2D eigenvalue weighted by Crippen LogP contribution is -2.39. The molecule has 10 nitrogen and oxygen atoms in total. The molecule has 30 heavy (non-hydrogen) atoms. The normalized spacial score (nSPS) is 13.6. The molecule has 0 aromatic carbocycles. The van der Waals surface area contributed by atoms with Crippen molar-refractivity contribution in [3.05, 3.63) is 18.7 Å². The number of alkyl halides is 6. The Morgan fingerprint density at radius 2 is 1.43 bits per heavy atom. The summed E-state index contributed by atoms with van der Waals surface area (Å²) in [5.41, 5.74) is -10.6. The fraction of sp³-hybridized carbons (Fsp3) is 0.750. The van der Waals surface area contributed by atoms with E-state index in [9.17, 15) is 48.3 Å². The minimum atomic E-state index is -5.34. The Hall–Kier alpha value is -1.47. The number of primary sulfonamides is 2. The van der Waals surface area contributed by atoms with Crippen molar-refractivity contribution in [2.75, 3.05) is 6.61 Å². The third kappa shape index (κ3) is 13.7. The van der Waals surface area contributed by atoms with Crippen LogP contribution in [-0.2, 0) is 33.1 Å². The first-order valence-electron chi connectivity index (χ1n) is 7.78. The van der Waals surface area contributed by atoms with E-state index in [0.717, 1.165) is 13.0 Å². The summed E-state index contributed by atoms with van der Waals surface area (Å²) in [5.74, 6) is 0. The molecule has 180 valence electrons. The molecule has 0 fully saturated rings. The molecule has 0 radical (unpaired) electrons. The molecular weight excluding hydrogens is 474 g/mol. The number of rotatable bonds is 6. The van der Waals surface area contributed by atoms with E-state index in [-0.39, 0.29) is 6.61 Å². The lowest BCUT2D eigenvalue weighted by Gasteiger charge is -2.02. The highest BCUT2D eigenvalue weighted by molar-refractivity contribution is 7.90. The molecule has 0 saturated heterocycles. The summed E-state index contributed by atoms with van der Waals surface area (Å²) in [6.07, 6.45) is 7.53. The van der Waals surface area contributed by atoms with Gasteiger partial charge in [-0.25, -0.2) is 36.2 Å². The molecule has 1 aromatic rings. The number of unbranched alkanes of at least 4 members (excludes halogenated alkanes) is 1. The summed E-state index contributed by atoms with van der Waals surface area (Å²) in [4.78, 5) is 0. The van der Waals surface area contributed by atoms with Crippen LogP contribution in [0, 0.1) is 0 Å². The molecule has 0 aliphatic rings. The van der Waals surface area contributed by atoms with Gasteiger partial charge in [-0.2, -0.15) is 26.3 Å². The number of aryl methyl sites for hydroxylation is 1. The van der Waals surface area contributed by atoms with Crippen molar-refractivity contribution in [1.82, 2.24) is 4.57 Å². The SMILES string of the molecule is CCCCn1cc[n+](CC(O)CO)c1.NS(=O)(=O)C(F)(F)F.NS(=O)(=O)C(F)(F)F. The van der Waals surface area contributed by atoms with Gasteiger partial charge in [-0.05, 0) is 6.42 Å². The predicted molar refractivity (Wildman–Crippen MR) is 91.0 cm³/mol. The van der Waals surface area contributed by atoms with Gasteiger partial charge in [0.05, 0.1) is 13.2 Å². The fourth-order valence-electron chi connectivity index (χ4n) is 1.32. The molecule has 0 aliphatic heterocycles. The van der Waals surface area contributed by atoms with Crippen molar-refractivity contribution in [2.45, 2.75) is 50.0 Å². The van der Waals surface area contributed by atoms with E-state index in [1.807, 2.05) is 23.3 Å². The average Bonchev–Trinajstić information content (AvgIpc) is 2.97. The van der Waals surface area contributed by atoms with E-state index in [1.54, 1.807) is 0 Å². The zero-order valence-electron chi connectivity index (χ0n) is 15.5. The standard InChI is InChI=1S/C10H19N2O2.2CH2F3NO2S/c1-2-3-4-11-5-6-12(9-11)7-10(14)8-13;2*2-1(3,4)8(5,6)7/h5-6,9-10,13-14H,2-4,7-8H2,1H3;2*(H2,5,6,7)/q+1;;. The predicted octanol–water partition coefficient (Wildman–Crippen LogP) is -0.482. The van der Waals surface area contributed by atoms with Crippen LogP contribution in [0.3, 0.4) is 0 Å². The monoisotopic (exact) mass is 497 g/mol. The molecule has 1 rings (SSSR count). The minimum absolute atomic E-state index is 0.187. The molecule has 1 unspecified atom stereocenters. The number of nitrogens with zero attached hydrogens (tertiary/aromatic N) is 2. The van der Waals surface area contributed by atoms with Crippen LogP contribution in [0.4, 0.5) is 26.3 Å². The van der Waals surface area contributed by atoms with Gasteiger partial charge >= 0.3 is 31.1 Å². The molecule has 0 spiro atoms. The average molecular weight is 497 g/mol. The number of aliphatic hydroxyl groups is 2. The van der Waals surface area contributed by atoms with Crippen LogP contribution in [0.15, 0.2) is 18.7 Å². The van der Waals surface area contributed by atoms with Crippen molar-refractivity contribution in [3.63, 3.8) is 0 Å². The van der Waals surface area contributed by atoms with Gasteiger partial charge in [-0.15, -0.1) is 0 Å². The number of sulfonamides is 2. The molecule has 0 aliphatic carbocycles. The van der Waals surface area contributed by atoms with Gasteiger partial charge in [0.2, 0.25) is 6.33 Å². The third-order valence-electron chi connectivity index (χ3n) is 2.79. The molecule has 1 atom stereocenters. The van der Waals surface area contributed by atoms with Gasteiger partial charge in [0.1, 0.15) is 25.0 Å². The second-order valence-electron chi connectivity index (χ2n) is 5.52. The van der Waals surface area contributed by atoms with Gasteiger partial charge < -0.3 is 10.2 Å². The van der Waals surface area contributed by atoms with Crippen LogP contribution in [0.1, 0.15) is 19.8 Å². The summed E-state index contributed by atoms with van der Waals surface area (Å²) in [6, 6.07) is 0. The fourth-order valence-corrected chi connectivity index (χ4v) is 1.32. The van der Waals surface area contributed by atoms with Crippen molar-refractivity contribution in [1.29, 1.82) is 0 Å². The van der Waals surface area contributed by atoms with E-state index < -0.39 is 37.2 Å². The van der Waals surface area contributed by atoms with Gasteiger partial charge in [-0.3, -0.25) is 0 Å². The molecule has 0 amide bonds. The Bertz CT molecular complexity index is 781. The first kappa shape index (κ1) is 30.7. The highest BCUT2D eigenvalue weighted by atomic mass is 32.2. The largest absolute Gasteiger partial charge is 0.511 e. The number of hydrogen-bond acceptors (Lipinski definition) is 6. The number of nitrogens with two attached hydrogens (primary N) is 2. The van der Waals surface area contributed by atoms with Gasteiger partial charge in [0.25, 0.3) is 0 Å². The lowest BCUT2D eigenvalue weighted by molar-refractivity contribution is -0.703. The number of aromatic nitrogens is 2. The van der Waals surface area contributed by atoms with Crippen molar-refractivity contribution in [2.24, 2.45) is 10.3 Å².